The van der Waals surface area contributed by atoms with Crippen molar-refractivity contribution in [2.75, 3.05) is 15.9 Å². The Morgan fingerprint density at radius 3 is 2.20 bits per heavy atom. The van der Waals surface area contributed by atoms with Gasteiger partial charge in [0.25, 0.3) is 5.91 Å². The molecule has 5 nitrogen and oxygen atoms in total. The summed E-state index contributed by atoms with van der Waals surface area (Å²) in [5.41, 5.74) is 3.19. The summed E-state index contributed by atoms with van der Waals surface area (Å²) in [6, 6.07) is 18.8. The van der Waals surface area contributed by atoms with Gasteiger partial charge in [0.05, 0.1) is 29.2 Å². The Balaban J connectivity index is 1.81. The Morgan fingerprint density at radius 2 is 1.60 bits per heavy atom. The van der Waals surface area contributed by atoms with Crippen molar-refractivity contribution in [3.05, 3.63) is 93.5 Å². The molecule has 0 saturated carbocycles. The van der Waals surface area contributed by atoms with Crippen LogP contribution >= 0.6 is 23.2 Å². The molecule has 0 heterocycles. The van der Waals surface area contributed by atoms with Crippen LogP contribution in [0.2, 0.25) is 10.0 Å². The molecule has 0 radical (unpaired) electrons. The number of amides is 1. The zero-order valence-corrected chi connectivity index (χ0v) is 18.7. The fourth-order valence-electron chi connectivity index (χ4n) is 2.83. The van der Waals surface area contributed by atoms with E-state index in [1.165, 1.54) is 4.31 Å². The monoisotopic (exact) mass is 462 g/mol. The first-order chi connectivity index (χ1) is 14.1. The van der Waals surface area contributed by atoms with Gasteiger partial charge in [0.1, 0.15) is 0 Å². The predicted octanol–water partition coefficient (Wildman–Crippen LogP) is 5.52. The highest BCUT2D eigenvalue weighted by molar-refractivity contribution is 7.92. The molecule has 30 heavy (non-hydrogen) atoms. The van der Waals surface area contributed by atoms with Crippen molar-refractivity contribution >= 4 is 50.5 Å². The molecule has 0 aliphatic heterocycles. The summed E-state index contributed by atoms with van der Waals surface area (Å²) in [4.78, 5) is 12.5. The smallest absolute Gasteiger partial charge is 0.255 e. The lowest BCUT2D eigenvalue weighted by Gasteiger charge is -2.23. The summed E-state index contributed by atoms with van der Waals surface area (Å²) >= 11 is 12.0. The van der Waals surface area contributed by atoms with Crippen molar-refractivity contribution < 1.29 is 13.2 Å². The number of benzene rings is 3. The second-order valence-electron chi connectivity index (χ2n) is 6.88. The number of nitrogens with one attached hydrogen (secondary N) is 1. The third-order valence-corrected chi connectivity index (χ3v) is 6.15. The molecule has 3 aromatic carbocycles. The SMILES string of the molecule is Cc1ccc(CN(c2ccc(C(=O)Nc3cc(Cl)ccc3Cl)cc2)S(C)(=O)=O)cc1. The van der Waals surface area contributed by atoms with E-state index in [1.54, 1.807) is 42.5 Å². The van der Waals surface area contributed by atoms with Gasteiger partial charge in [-0.25, -0.2) is 8.42 Å². The Hall–Kier alpha value is -2.54. The number of aryl methyl sites for hydroxylation is 1. The van der Waals surface area contributed by atoms with E-state index >= 15 is 0 Å². The minimum Gasteiger partial charge on any atom is -0.321 e. The average molecular weight is 463 g/mol. The molecule has 0 spiro atoms. The van der Waals surface area contributed by atoms with Gasteiger partial charge < -0.3 is 5.32 Å². The molecule has 0 aromatic heterocycles. The third kappa shape index (κ3) is 5.53. The number of sulfonamides is 1. The number of hydrogen-bond donors (Lipinski definition) is 1. The standard InChI is InChI=1S/C22H20Cl2N2O3S/c1-15-3-5-16(6-4-15)14-26(30(2,28)29)19-10-7-17(8-11-19)22(27)25-21-13-18(23)9-12-20(21)24/h3-13H,14H2,1-2H3,(H,25,27). The van der Waals surface area contributed by atoms with Crippen molar-refractivity contribution in [2.24, 2.45) is 0 Å². The summed E-state index contributed by atoms with van der Waals surface area (Å²) in [5, 5.41) is 3.52. The van der Waals surface area contributed by atoms with Crippen LogP contribution in [0.15, 0.2) is 66.7 Å². The van der Waals surface area contributed by atoms with Crippen LogP contribution in [0, 0.1) is 6.92 Å². The van der Waals surface area contributed by atoms with E-state index in [0.717, 1.165) is 17.4 Å². The van der Waals surface area contributed by atoms with Crippen molar-refractivity contribution in [3.8, 4) is 0 Å². The summed E-state index contributed by atoms with van der Waals surface area (Å²) < 4.78 is 26.0. The zero-order valence-electron chi connectivity index (χ0n) is 16.4. The van der Waals surface area contributed by atoms with Crippen LogP contribution in [-0.4, -0.2) is 20.6 Å². The van der Waals surface area contributed by atoms with Crippen molar-refractivity contribution in [2.45, 2.75) is 13.5 Å². The molecular formula is C22H20Cl2N2O3S. The Kier molecular flexibility index (Phi) is 6.71. The number of carbonyl (C=O) groups excluding carboxylic acids is 1. The first kappa shape index (κ1) is 22.2. The topological polar surface area (TPSA) is 66.5 Å². The average Bonchev–Trinajstić information content (AvgIpc) is 2.69. The Bertz CT molecular complexity index is 1160. The lowest BCUT2D eigenvalue weighted by molar-refractivity contribution is 0.102. The Morgan fingerprint density at radius 1 is 0.967 bits per heavy atom. The van der Waals surface area contributed by atoms with Crippen LogP contribution in [0.3, 0.4) is 0 Å². The van der Waals surface area contributed by atoms with Crippen molar-refractivity contribution in [1.82, 2.24) is 0 Å². The van der Waals surface area contributed by atoms with E-state index in [2.05, 4.69) is 5.32 Å². The fraction of sp³-hybridized carbons (Fsp3) is 0.136. The molecule has 3 rings (SSSR count). The maximum atomic E-state index is 12.5. The third-order valence-electron chi connectivity index (χ3n) is 4.44. The van der Waals surface area contributed by atoms with Crippen LogP contribution in [0.25, 0.3) is 0 Å². The molecule has 0 aliphatic carbocycles. The number of hydrogen-bond acceptors (Lipinski definition) is 3. The van der Waals surface area contributed by atoms with E-state index in [4.69, 9.17) is 23.2 Å². The van der Waals surface area contributed by atoms with Crippen molar-refractivity contribution in [1.29, 1.82) is 0 Å². The molecule has 0 bridgehead atoms. The molecule has 156 valence electrons. The van der Waals surface area contributed by atoms with E-state index < -0.39 is 10.0 Å². The second kappa shape index (κ2) is 9.08. The molecule has 0 fully saturated rings. The first-order valence-corrected chi connectivity index (χ1v) is 11.6. The predicted molar refractivity (Wildman–Crippen MR) is 123 cm³/mol. The van der Waals surface area contributed by atoms with Gasteiger partial charge in [-0.15, -0.1) is 0 Å². The van der Waals surface area contributed by atoms with Gasteiger partial charge in [0.2, 0.25) is 10.0 Å². The van der Waals surface area contributed by atoms with Gasteiger partial charge in [-0.3, -0.25) is 9.10 Å². The molecule has 0 atom stereocenters. The minimum atomic E-state index is -3.52. The molecule has 0 unspecified atom stereocenters. The molecule has 0 saturated heterocycles. The van der Waals surface area contributed by atoms with Gasteiger partial charge in [-0.1, -0.05) is 53.0 Å². The van der Waals surface area contributed by atoms with E-state index in [1.807, 2.05) is 31.2 Å². The van der Waals surface area contributed by atoms with Crippen LogP contribution in [-0.2, 0) is 16.6 Å². The van der Waals surface area contributed by atoms with Gasteiger partial charge >= 0.3 is 0 Å². The van der Waals surface area contributed by atoms with Gasteiger partial charge in [-0.05, 0) is 55.0 Å². The summed E-state index contributed by atoms with van der Waals surface area (Å²) in [7, 11) is -3.52. The van der Waals surface area contributed by atoms with Gasteiger partial charge in [0, 0.05) is 10.6 Å². The highest BCUT2D eigenvalue weighted by Crippen LogP contribution is 2.26. The van der Waals surface area contributed by atoms with E-state index in [9.17, 15) is 13.2 Å². The number of halogens is 2. The largest absolute Gasteiger partial charge is 0.321 e. The minimum absolute atomic E-state index is 0.197. The Labute approximate surface area is 186 Å². The molecule has 8 heteroatoms. The molecule has 0 aliphatic rings. The number of carbonyl (C=O) groups is 1. The van der Waals surface area contributed by atoms with Crippen LogP contribution in [0.1, 0.15) is 21.5 Å². The lowest BCUT2D eigenvalue weighted by Crippen LogP contribution is -2.29. The molecular weight excluding hydrogens is 443 g/mol. The van der Waals surface area contributed by atoms with E-state index in [0.29, 0.717) is 27.0 Å². The quantitative estimate of drug-likeness (QED) is 0.524. The van der Waals surface area contributed by atoms with Crippen LogP contribution in [0.5, 0.6) is 0 Å². The fourth-order valence-corrected chi connectivity index (χ4v) is 4.05. The zero-order chi connectivity index (χ0) is 21.9. The van der Waals surface area contributed by atoms with Gasteiger partial charge in [-0.2, -0.15) is 0 Å². The summed E-state index contributed by atoms with van der Waals surface area (Å²) in [6.45, 7) is 2.17. The number of anilines is 2. The molecule has 1 amide bonds. The maximum absolute atomic E-state index is 12.5. The second-order valence-corrected chi connectivity index (χ2v) is 9.63. The normalized spacial score (nSPS) is 11.2. The van der Waals surface area contributed by atoms with Crippen LogP contribution < -0.4 is 9.62 Å². The first-order valence-electron chi connectivity index (χ1n) is 9.03. The van der Waals surface area contributed by atoms with Crippen LogP contribution in [0.4, 0.5) is 11.4 Å². The number of rotatable bonds is 6. The summed E-state index contributed by atoms with van der Waals surface area (Å²) in [6.07, 6.45) is 1.16. The lowest BCUT2D eigenvalue weighted by atomic mass is 10.1. The molecule has 1 N–H and O–H groups in total. The highest BCUT2D eigenvalue weighted by atomic mass is 35.5. The number of nitrogens with zero attached hydrogens (tertiary/aromatic N) is 1. The summed E-state index contributed by atoms with van der Waals surface area (Å²) in [5.74, 6) is -0.379. The molecule has 3 aromatic rings. The maximum Gasteiger partial charge on any atom is 0.255 e. The highest BCUT2D eigenvalue weighted by Gasteiger charge is 2.18. The van der Waals surface area contributed by atoms with Gasteiger partial charge in [0.15, 0.2) is 0 Å². The van der Waals surface area contributed by atoms with Crippen molar-refractivity contribution in [3.63, 3.8) is 0 Å². The van der Waals surface area contributed by atoms with E-state index in [-0.39, 0.29) is 12.5 Å².